The highest BCUT2D eigenvalue weighted by molar-refractivity contribution is 5.95. The van der Waals surface area contributed by atoms with Gasteiger partial charge in [0.15, 0.2) is 0 Å². The molecule has 1 N–H and O–H groups in total. The number of fused-ring (bicyclic) bond motifs is 1. The molecule has 4 rings (SSSR count). The molecular weight excluding hydrogens is 354 g/mol. The van der Waals surface area contributed by atoms with Crippen molar-refractivity contribution in [3.05, 3.63) is 47.5 Å². The van der Waals surface area contributed by atoms with Gasteiger partial charge in [0, 0.05) is 38.6 Å². The molecule has 148 valence electrons. The van der Waals surface area contributed by atoms with Crippen molar-refractivity contribution >= 4 is 11.8 Å². The summed E-state index contributed by atoms with van der Waals surface area (Å²) in [6.07, 6.45) is 8.91. The molecule has 0 spiro atoms. The fraction of sp³-hybridized carbons (Fsp3) is 0.524. The van der Waals surface area contributed by atoms with Crippen molar-refractivity contribution in [2.75, 3.05) is 19.6 Å². The third kappa shape index (κ3) is 3.93. The van der Waals surface area contributed by atoms with E-state index in [-0.39, 0.29) is 11.8 Å². The average Bonchev–Trinajstić information content (AvgIpc) is 3.15. The van der Waals surface area contributed by atoms with E-state index in [0.29, 0.717) is 23.9 Å². The topological polar surface area (TPSA) is 80.1 Å². The molecule has 0 saturated carbocycles. The van der Waals surface area contributed by atoms with Crippen molar-refractivity contribution in [1.29, 1.82) is 0 Å². The molecule has 2 aliphatic rings. The van der Waals surface area contributed by atoms with Crippen LogP contribution in [0.25, 0.3) is 0 Å². The molecule has 1 fully saturated rings. The lowest BCUT2D eigenvalue weighted by molar-refractivity contribution is 0.0680. The smallest absolute Gasteiger partial charge is 0.257 e. The summed E-state index contributed by atoms with van der Waals surface area (Å²) in [7, 11) is 0. The summed E-state index contributed by atoms with van der Waals surface area (Å²) in [6.45, 7) is 5.24. The third-order valence-corrected chi connectivity index (χ3v) is 5.83. The maximum absolute atomic E-state index is 13.0. The van der Waals surface area contributed by atoms with Gasteiger partial charge in [-0.2, -0.15) is 5.10 Å². The summed E-state index contributed by atoms with van der Waals surface area (Å²) in [5.41, 5.74) is 2.31. The number of aryl methyl sites for hydroxylation is 1. The number of carbonyl (C=O) groups excluding carboxylic acids is 2. The highest BCUT2D eigenvalue weighted by atomic mass is 16.2. The van der Waals surface area contributed by atoms with Crippen LogP contribution in [0.5, 0.6) is 0 Å². The predicted octanol–water partition coefficient (Wildman–Crippen LogP) is 2.14. The van der Waals surface area contributed by atoms with Crippen LogP contribution >= 0.6 is 0 Å². The van der Waals surface area contributed by atoms with Gasteiger partial charge in [0.1, 0.15) is 0 Å². The lowest BCUT2D eigenvalue weighted by Gasteiger charge is -2.31. The molecule has 2 amide bonds. The maximum Gasteiger partial charge on any atom is 0.257 e. The first kappa shape index (κ1) is 18.7. The van der Waals surface area contributed by atoms with E-state index in [2.05, 4.69) is 22.3 Å². The molecule has 28 heavy (non-hydrogen) atoms. The number of rotatable bonds is 4. The van der Waals surface area contributed by atoms with Gasteiger partial charge in [0.25, 0.3) is 11.8 Å². The summed E-state index contributed by atoms with van der Waals surface area (Å²) in [4.78, 5) is 31.3. The van der Waals surface area contributed by atoms with Gasteiger partial charge in [0.2, 0.25) is 0 Å². The lowest BCUT2D eigenvalue weighted by Crippen LogP contribution is -2.40. The first-order chi connectivity index (χ1) is 13.6. The quantitative estimate of drug-likeness (QED) is 0.880. The Hall–Kier alpha value is -2.70. The second-order valence-corrected chi connectivity index (χ2v) is 8.04. The first-order valence-electron chi connectivity index (χ1n) is 10.1. The molecule has 2 aromatic heterocycles. The van der Waals surface area contributed by atoms with Crippen LogP contribution in [0, 0.1) is 11.8 Å². The number of aromatic nitrogens is 3. The van der Waals surface area contributed by atoms with Crippen LogP contribution in [0.15, 0.2) is 30.7 Å². The Labute approximate surface area is 165 Å². The van der Waals surface area contributed by atoms with Gasteiger partial charge in [-0.1, -0.05) is 6.92 Å². The summed E-state index contributed by atoms with van der Waals surface area (Å²) in [6, 6.07) is 3.52. The average molecular weight is 381 g/mol. The second kappa shape index (κ2) is 8.12. The Morgan fingerprint density at radius 1 is 1.25 bits per heavy atom. The molecule has 2 atom stereocenters. The summed E-state index contributed by atoms with van der Waals surface area (Å²) in [5, 5.41) is 7.45. The van der Waals surface area contributed by atoms with E-state index in [0.717, 1.165) is 50.2 Å². The van der Waals surface area contributed by atoms with Gasteiger partial charge in [0.05, 0.1) is 23.0 Å². The van der Waals surface area contributed by atoms with Gasteiger partial charge in [-0.25, -0.2) is 0 Å². The van der Waals surface area contributed by atoms with Crippen LogP contribution < -0.4 is 5.32 Å². The fourth-order valence-electron chi connectivity index (χ4n) is 4.23. The Morgan fingerprint density at radius 3 is 2.93 bits per heavy atom. The molecule has 1 saturated heterocycles. The summed E-state index contributed by atoms with van der Waals surface area (Å²) >= 11 is 0. The number of likely N-dealkylation sites (tertiary alicyclic amines) is 1. The fourth-order valence-corrected chi connectivity index (χ4v) is 4.23. The van der Waals surface area contributed by atoms with Crippen LogP contribution in [0.1, 0.15) is 52.6 Å². The van der Waals surface area contributed by atoms with Crippen LogP contribution in [-0.4, -0.2) is 51.1 Å². The van der Waals surface area contributed by atoms with Crippen molar-refractivity contribution in [1.82, 2.24) is 25.0 Å². The SMILES string of the molecule is CC1CCCN(C(=O)c2cnn3c2CC(CNC(=O)c2cccnc2)CC3)C1. The van der Waals surface area contributed by atoms with Crippen molar-refractivity contribution in [3.8, 4) is 0 Å². The molecule has 2 unspecified atom stereocenters. The van der Waals surface area contributed by atoms with E-state index in [4.69, 9.17) is 0 Å². The normalized spacial score (nSPS) is 21.8. The molecule has 0 radical (unpaired) electrons. The minimum atomic E-state index is -0.106. The van der Waals surface area contributed by atoms with E-state index in [1.165, 1.54) is 6.42 Å². The Bertz CT molecular complexity index is 848. The van der Waals surface area contributed by atoms with E-state index in [1.807, 2.05) is 9.58 Å². The minimum Gasteiger partial charge on any atom is -0.352 e. The highest BCUT2D eigenvalue weighted by Gasteiger charge is 2.29. The highest BCUT2D eigenvalue weighted by Crippen LogP contribution is 2.25. The van der Waals surface area contributed by atoms with Gasteiger partial charge in [-0.05, 0) is 49.7 Å². The Balaban J connectivity index is 1.40. The van der Waals surface area contributed by atoms with Crippen molar-refractivity contribution in [2.24, 2.45) is 11.8 Å². The van der Waals surface area contributed by atoms with Gasteiger partial charge >= 0.3 is 0 Å². The van der Waals surface area contributed by atoms with E-state index in [1.54, 1.807) is 30.7 Å². The van der Waals surface area contributed by atoms with Crippen LogP contribution in [0.4, 0.5) is 0 Å². The molecule has 0 aliphatic carbocycles. The minimum absolute atomic E-state index is 0.104. The van der Waals surface area contributed by atoms with Crippen LogP contribution in [0.3, 0.4) is 0 Å². The Morgan fingerprint density at radius 2 is 2.14 bits per heavy atom. The van der Waals surface area contributed by atoms with Gasteiger partial charge in [-0.3, -0.25) is 19.3 Å². The number of hydrogen-bond donors (Lipinski definition) is 1. The summed E-state index contributed by atoms with van der Waals surface area (Å²) < 4.78 is 1.96. The van der Waals surface area contributed by atoms with E-state index >= 15 is 0 Å². The van der Waals surface area contributed by atoms with E-state index < -0.39 is 0 Å². The molecule has 7 nitrogen and oxygen atoms in total. The number of nitrogens with one attached hydrogen (secondary N) is 1. The number of carbonyl (C=O) groups is 2. The predicted molar refractivity (Wildman–Crippen MR) is 105 cm³/mol. The van der Waals surface area contributed by atoms with Gasteiger partial charge in [-0.15, -0.1) is 0 Å². The number of pyridine rings is 1. The van der Waals surface area contributed by atoms with Crippen molar-refractivity contribution in [3.63, 3.8) is 0 Å². The molecule has 4 heterocycles. The second-order valence-electron chi connectivity index (χ2n) is 8.04. The zero-order valence-electron chi connectivity index (χ0n) is 16.3. The maximum atomic E-state index is 13.0. The zero-order valence-corrected chi connectivity index (χ0v) is 16.3. The number of amides is 2. The monoisotopic (exact) mass is 381 g/mol. The lowest BCUT2D eigenvalue weighted by atomic mass is 9.93. The molecule has 0 bridgehead atoms. The molecule has 2 aliphatic heterocycles. The third-order valence-electron chi connectivity index (χ3n) is 5.83. The number of piperidine rings is 1. The molecule has 7 heteroatoms. The van der Waals surface area contributed by atoms with Crippen LogP contribution in [0.2, 0.25) is 0 Å². The summed E-state index contributed by atoms with van der Waals surface area (Å²) in [5.74, 6) is 0.856. The number of nitrogens with zero attached hydrogens (tertiary/aromatic N) is 4. The van der Waals surface area contributed by atoms with E-state index in [9.17, 15) is 9.59 Å². The molecular formula is C21H27N5O2. The van der Waals surface area contributed by atoms with Crippen molar-refractivity contribution in [2.45, 2.75) is 39.2 Å². The molecule has 2 aromatic rings. The Kier molecular flexibility index (Phi) is 5.41. The largest absolute Gasteiger partial charge is 0.352 e. The molecule has 0 aromatic carbocycles. The first-order valence-corrected chi connectivity index (χ1v) is 10.1. The van der Waals surface area contributed by atoms with Crippen molar-refractivity contribution < 1.29 is 9.59 Å². The standard InChI is InChI=1S/C21H27N5O2/c1-15-4-3-8-25(14-15)21(28)18-13-24-26-9-6-16(10-19(18)26)11-23-20(27)17-5-2-7-22-12-17/h2,5,7,12-13,15-16H,3-4,6,8-11,14H2,1H3,(H,23,27). The zero-order chi connectivity index (χ0) is 19.5. The number of hydrogen-bond acceptors (Lipinski definition) is 4. The van der Waals surface area contributed by atoms with Crippen LogP contribution in [-0.2, 0) is 13.0 Å². The van der Waals surface area contributed by atoms with Gasteiger partial charge < -0.3 is 10.2 Å².